The van der Waals surface area contributed by atoms with E-state index in [1.165, 1.54) is 0 Å². The normalized spacial score (nSPS) is 14.5. The van der Waals surface area contributed by atoms with E-state index < -0.39 is 0 Å². The summed E-state index contributed by atoms with van der Waals surface area (Å²) < 4.78 is 13.8. The number of hydrogen-bond donors (Lipinski definition) is 0. The molecule has 1 fully saturated rings. The third-order valence-corrected chi connectivity index (χ3v) is 4.45. The van der Waals surface area contributed by atoms with Crippen molar-refractivity contribution in [2.24, 2.45) is 0 Å². The maximum Gasteiger partial charge on any atom is 0.369 e. The second kappa shape index (κ2) is 7.39. The van der Waals surface area contributed by atoms with Gasteiger partial charge in [-0.15, -0.1) is 0 Å². The number of rotatable bonds is 1. The minimum absolute atomic E-state index is 0. The van der Waals surface area contributed by atoms with Crippen molar-refractivity contribution in [1.82, 2.24) is 4.58 Å². The first-order valence-electron chi connectivity index (χ1n) is 7.76. The molecule has 24 heavy (non-hydrogen) atoms. The first-order chi connectivity index (χ1) is 11.3. The van der Waals surface area contributed by atoms with Crippen LogP contribution in [-0.2, 0) is 4.74 Å². The molecule has 0 bridgehead atoms. The highest BCUT2D eigenvalue weighted by Gasteiger charge is 2.16. The minimum atomic E-state index is 0. The van der Waals surface area contributed by atoms with Gasteiger partial charge in [-0.2, -0.15) is 4.58 Å². The largest absolute Gasteiger partial charge is 1.00 e. The molecule has 0 atom stereocenters. The van der Waals surface area contributed by atoms with Crippen LogP contribution in [0.5, 0.6) is 0 Å². The van der Waals surface area contributed by atoms with Crippen LogP contribution in [0.3, 0.4) is 0 Å². The van der Waals surface area contributed by atoms with Crippen molar-refractivity contribution in [3.63, 3.8) is 0 Å². The van der Waals surface area contributed by atoms with Gasteiger partial charge >= 0.3 is 5.55 Å². The Bertz CT molecular complexity index is 912. The molecule has 2 aromatic carbocycles. The summed E-state index contributed by atoms with van der Waals surface area (Å²) in [5.41, 5.74) is 3.80. The van der Waals surface area contributed by atoms with Crippen LogP contribution >= 0.6 is 11.6 Å². The van der Waals surface area contributed by atoms with Crippen molar-refractivity contribution in [3.05, 3.63) is 65.2 Å². The van der Waals surface area contributed by atoms with Gasteiger partial charge in [-0.05, 0) is 11.6 Å². The lowest BCUT2D eigenvalue weighted by atomic mass is 10.0. The summed E-state index contributed by atoms with van der Waals surface area (Å²) >= 11 is 6.52. The summed E-state index contributed by atoms with van der Waals surface area (Å²) in [5, 5.41) is 1.65. The molecule has 0 saturated carbocycles. The average Bonchev–Trinajstić information content (AvgIpc) is 2.63. The Balaban J connectivity index is 0.00000169. The molecule has 0 unspecified atom stereocenters. The van der Waals surface area contributed by atoms with E-state index in [0.717, 1.165) is 40.7 Å². The molecule has 1 aromatic heterocycles. The predicted octanol–water partition coefficient (Wildman–Crippen LogP) is 0.560. The Morgan fingerprint density at radius 3 is 2.42 bits per heavy atom. The summed E-state index contributed by atoms with van der Waals surface area (Å²) in [5.74, 6) is 0. The monoisotopic (exact) mass is 361 g/mol. The molecule has 1 aliphatic rings. The molecule has 3 nitrogen and oxygen atoms in total. The first kappa shape index (κ1) is 17.0. The van der Waals surface area contributed by atoms with E-state index >= 15 is 0 Å². The Kier molecular flexibility index (Phi) is 5.24. The number of nitrogens with zero attached hydrogens (tertiary/aromatic N) is 1. The van der Waals surface area contributed by atoms with E-state index in [1.54, 1.807) is 0 Å². The Hall–Kier alpha value is -1.81. The van der Waals surface area contributed by atoms with E-state index in [9.17, 15) is 0 Å². The van der Waals surface area contributed by atoms with Crippen molar-refractivity contribution < 1.29 is 21.6 Å². The molecule has 2 heterocycles. The van der Waals surface area contributed by atoms with Gasteiger partial charge in [-0.25, -0.2) is 0 Å². The Morgan fingerprint density at radius 1 is 0.917 bits per heavy atom. The SMILES string of the molecule is Clc1cc(=[N+]2CCOCC2)oc2c(-c3ccccc3)cccc12.[Cl-]. The highest BCUT2D eigenvalue weighted by molar-refractivity contribution is 6.35. The third kappa shape index (κ3) is 3.20. The van der Waals surface area contributed by atoms with Gasteiger partial charge in [0.2, 0.25) is 0 Å². The van der Waals surface area contributed by atoms with Crippen LogP contribution in [0.25, 0.3) is 22.1 Å². The summed E-state index contributed by atoms with van der Waals surface area (Å²) in [6.07, 6.45) is 0. The van der Waals surface area contributed by atoms with Gasteiger partial charge in [0.15, 0.2) is 13.1 Å². The standard InChI is InChI=1S/C19H17ClNO2.ClH/c20-17-13-18(21-9-11-22-12-10-21)23-19-15(7-4-8-16(17)19)14-5-2-1-3-6-14;/h1-8,13H,9-12H2;1H/q+1;/p-1. The van der Waals surface area contributed by atoms with Crippen molar-refractivity contribution in [2.45, 2.75) is 0 Å². The number of hydrogen-bond acceptors (Lipinski definition) is 2. The number of benzene rings is 2. The zero-order chi connectivity index (χ0) is 15.6. The molecule has 1 saturated heterocycles. The number of fused-ring (bicyclic) bond motifs is 1. The molecule has 0 radical (unpaired) electrons. The fourth-order valence-corrected chi connectivity index (χ4v) is 3.18. The summed E-state index contributed by atoms with van der Waals surface area (Å²) in [7, 11) is 0. The van der Waals surface area contributed by atoms with Gasteiger partial charge in [0.05, 0.1) is 11.1 Å². The Labute approximate surface area is 151 Å². The number of para-hydroxylation sites is 1. The molecule has 1 aliphatic heterocycles. The quantitative estimate of drug-likeness (QED) is 0.592. The second-order valence-electron chi connectivity index (χ2n) is 5.58. The highest BCUT2D eigenvalue weighted by Crippen LogP contribution is 2.30. The van der Waals surface area contributed by atoms with Crippen LogP contribution in [0, 0.1) is 0 Å². The number of morpholine rings is 1. The Morgan fingerprint density at radius 2 is 1.67 bits per heavy atom. The fourth-order valence-electron chi connectivity index (χ4n) is 2.94. The molecule has 124 valence electrons. The zero-order valence-corrected chi connectivity index (χ0v) is 14.6. The fraction of sp³-hybridized carbons (Fsp3) is 0.211. The van der Waals surface area contributed by atoms with Crippen molar-refractivity contribution in [2.75, 3.05) is 26.3 Å². The molecular formula is C19H17Cl2NO2. The van der Waals surface area contributed by atoms with Crippen molar-refractivity contribution in [1.29, 1.82) is 0 Å². The van der Waals surface area contributed by atoms with Gasteiger partial charge in [-0.1, -0.05) is 54.1 Å². The minimum Gasteiger partial charge on any atom is -1.00 e. The van der Waals surface area contributed by atoms with E-state index in [2.05, 4.69) is 22.8 Å². The molecule has 4 rings (SSSR count). The lowest BCUT2D eigenvalue weighted by Crippen LogP contribution is -3.00. The molecule has 0 spiro atoms. The third-order valence-electron chi connectivity index (χ3n) is 4.14. The van der Waals surface area contributed by atoms with Gasteiger partial charge in [0.1, 0.15) is 18.8 Å². The molecular weight excluding hydrogens is 345 g/mol. The first-order valence-corrected chi connectivity index (χ1v) is 8.14. The highest BCUT2D eigenvalue weighted by atomic mass is 35.5. The molecule has 0 aliphatic carbocycles. The van der Waals surface area contributed by atoms with Crippen LogP contribution in [0.15, 0.2) is 59.0 Å². The lowest BCUT2D eigenvalue weighted by molar-refractivity contribution is -0.00000553. The summed E-state index contributed by atoms with van der Waals surface area (Å²) in [4.78, 5) is 0. The maximum atomic E-state index is 6.52. The summed E-state index contributed by atoms with van der Waals surface area (Å²) in [6.45, 7) is 3.06. The topological polar surface area (TPSA) is 25.4 Å². The van der Waals surface area contributed by atoms with Crippen LogP contribution in [-0.4, -0.2) is 26.3 Å². The average molecular weight is 362 g/mol. The maximum absolute atomic E-state index is 6.52. The van der Waals surface area contributed by atoms with Gasteiger partial charge in [-0.3, -0.25) is 0 Å². The molecule has 3 aromatic rings. The van der Waals surface area contributed by atoms with E-state index in [0.29, 0.717) is 18.2 Å². The molecule has 0 amide bonds. The van der Waals surface area contributed by atoms with Gasteiger partial charge in [0.25, 0.3) is 0 Å². The predicted molar refractivity (Wildman–Crippen MR) is 92.5 cm³/mol. The molecule has 0 N–H and O–H groups in total. The van der Waals surface area contributed by atoms with Crippen LogP contribution in [0.1, 0.15) is 0 Å². The van der Waals surface area contributed by atoms with E-state index in [4.69, 9.17) is 20.8 Å². The van der Waals surface area contributed by atoms with Crippen LogP contribution < -0.4 is 22.5 Å². The second-order valence-corrected chi connectivity index (χ2v) is 5.99. The van der Waals surface area contributed by atoms with Gasteiger partial charge in [0, 0.05) is 10.9 Å². The van der Waals surface area contributed by atoms with Crippen molar-refractivity contribution in [3.8, 4) is 11.1 Å². The smallest absolute Gasteiger partial charge is 0.369 e. The number of halogens is 2. The molecule has 5 heteroatoms. The van der Waals surface area contributed by atoms with E-state index in [1.807, 2.05) is 36.4 Å². The van der Waals surface area contributed by atoms with Crippen LogP contribution in [0.4, 0.5) is 0 Å². The number of ether oxygens (including phenoxy) is 1. The van der Waals surface area contributed by atoms with E-state index in [-0.39, 0.29) is 12.4 Å². The summed E-state index contributed by atoms with van der Waals surface area (Å²) in [6, 6.07) is 18.2. The van der Waals surface area contributed by atoms with Crippen LogP contribution in [0.2, 0.25) is 5.02 Å². The van der Waals surface area contributed by atoms with Crippen molar-refractivity contribution >= 4 is 22.6 Å². The zero-order valence-electron chi connectivity index (χ0n) is 13.0. The lowest BCUT2D eigenvalue weighted by Gasteiger charge is -2.11. The van der Waals surface area contributed by atoms with Gasteiger partial charge < -0.3 is 21.6 Å².